The number of piperazine rings is 1. The quantitative estimate of drug-likeness (QED) is 0.908. The highest BCUT2D eigenvalue weighted by molar-refractivity contribution is 5.49. The van der Waals surface area contributed by atoms with Crippen LogP contribution in [0.25, 0.3) is 0 Å². The Bertz CT molecular complexity index is 652. The molecule has 7 heteroatoms. The van der Waals surface area contributed by atoms with Crippen LogP contribution in [0.4, 0.5) is 21.8 Å². The topological polar surface area (TPSA) is 57.2 Å². The van der Waals surface area contributed by atoms with Gasteiger partial charge in [-0.1, -0.05) is 13.8 Å². The van der Waals surface area contributed by atoms with E-state index in [1.54, 1.807) is 6.20 Å². The summed E-state index contributed by atoms with van der Waals surface area (Å²) in [6, 6.07) is 6.65. The Labute approximate surface area is 141 Å². The highest BCUT2D eigenvalue weighted by atomic mass is 19.1. The van der Waals surface area contributed by atoms with Gasteiger partial charge in [-0.2, -0.15) is 10.1 Å². The summed E-state index contributed by atoms with van der Waals surface area (Å²) in [4.78, 5) is 9.01. The van der Waals surface area contributed by atoms with Gasteiger partial charge < -0.3 is 15.1 Å². The highest BCUT2D eigenvalue weighted by Crippen LogP contribution is 2.19. The van der Waals surface area contributed by atoms with Crippen molar-refractivity contribution in [3.63, 3.8) is 0 Å². The molecule has 0 atom stereocenters. The molecule has 6 nitrogen and oxygen atoms in total. The minimum Gasteiger partial charge on any atom is -0.368 e. The van der Waals surface area contributed by atoms with E-state index in [2.05, 4.69) is 44.1 Å². The van der Waals surface area contributed by atoms with Crippen LogP contribution in [0.2, 0.25) is 0 Å². The lowest BCUT2D eigenvalue weighted by Gasteiger charge is -2.36. The molecule has 1 saturated heterocycles. The first-order valence-electron chi connectivity index (χ1n) is 8.31. The highest BCUT2D eigenvalue weighted by Gasteiger charge is 2.19. The van der Waals surface area contributed by atoms with Gasteiger partial charge >= 0.3 is 0 Å². The predicted octanol–water partition coefficient (Wildman–Crippen LogP) is 2.41. The SMILES string of the molecule is CC(C)CNc1nncc(N2CCN(c3ccc(F)cc3)CC2)n1. The first-order valence-corrected chi connectivity index (χ1v) is 8.31. The Morgan fingerprint density at radius 1 is 1.08 bits per heavy atom. The van der Waals surface area contributed by atoms with Crippen molar-refractivity contribution < 1.29 is 4.39 Å². The molecule has 0 aliphatic carbocycles. The van der Waals surface area contributed by atoms with Crippen molar-refractivity contribution in [1.82, 2.24) is 15.2 Å². The van der Waals surface area contributed by atoms with E-state index in [1.165, 1.54) is 12.1 Å². The van der Waals surface area contributed by atoms with Gasteiger partial charge in [-0.3, -0.25) is 0 Å². The molecule has 2 aromatic rings. The second kappa shape index (κ2) is 7.42. The van der Waals surface area contributed by atoms with Gasteiger partial charge in [0.15, 0.2) is 5.82 Å². The van der Waals surface area contributed by atoms with E-state index in [9.17, 15) is 4.39 Å². The number of nitrogens with one attached hydrogen (secondary N) is 1. The predicted molar refractivity (Wildman–Crippen MR) is 94.0 cm³/mol. The Morgan fingerprint density at radius 3 is 2.42 bits per heavy atom. The van der Waals surface area contributed by atoms with Crippen molar-refractivity contribution in [3.8, 4) is 0 Å². The van der Waals surface area contributed by atoms with Crippen molar-refractivity contribution in [2.45, 2.75) is 13.8 Å². The van der Waals surface area contributed by atoms with E-state index in [-0.39, 0.29) is 5.82 Å². The summed E-state index contributed by atoms with van der Waals surface area (Å²) in [7, 11) is 0. The average Bonchev–Trinajstić information content (AvgIpc) is 2.61. The second-order valence-electron chi connectivity index (χ2n) is 6.36. The van der Waals surface area contributed by atoms with E-state index in [0.717, 1.165) is 44.2 Å². The molecule has 0 bridgehead atoms. The van der Waals surface area contributed by atoms with Crippen LogP contribution in [0.3, 0.4) is 0 Å². The molecule has 24 heavy (non-hydrogen) atoms. The third-order valence-electron chi connectivity index (χ3n) is 4.01. The minimum atomic E-state index is -0.203. The normalized spacial score (nSPS) is 15.0. The molecule has 1 fully saturated rings. The third kappa shape index (κ3) is 4.10. The van der Waals surface area contributed by atoms with Crippen molar-refractivity contribution in [2.24, 2.45) is 5.92 Å². The molecule has 1 aromatic heterocycles. The maximum absolute atomic E-state index is 13.0. The van der Waals surface area contributed by atoms with Crippen LogP contribution in [-0.2, 0) is 0 Å². The Kier molecular flexibility index (Phi) is 5.08. The first kappa shape index (κ1) is 16.4. The van der Waals surface area contributed by atoms with E-state index in [0.29, 0.717) is 11.9 Å². The van der Waals surface area contributed by atoms with Crippen LogP contribution >= 0.6 is 0 Å². The monoisotopic (exact) mass is 330 g/mol. The van der Waals surface area contributed by atoms with Crippen molar-refractivity contribution in [3.05, 3.63) is 36.3 Å². The van der Waals surface area contributed by atoms with Crippen molar-refractivity contribution in [2.75, 3.05) is 47.8 Å². The second-order valence-corrected chi connectivity index (χ2v) is 6.36. The van der Waals surface area contributed by atoms with Crippen LogP contribution in [0, 0.1) is 11.7 Å². The van der Waals surface area contributed by atoms with Gasteiger partial charge in [0.05, 0.1) is 6.20 Å². The van der Waals surface area contributed by atoms with Crippen LogP contribution in [0.15, 0.2) is 30.5 Å². The lowest BCUT2D eigenvalue weighted by molar-refractivity contribution is 0.623. The van der Waals surface area contributed by atoms with Gasteiger partial charge in [0.25, 0.3) is 0 Å². The molecule has 1 N–H and O–H groups in total. The summed E-state index contributed by atoms with van der Waals surface area (Å²) in [6.45, 7) is 8.52. The molecule has 1 aromatic carbocycles. The molecule has 1 aliphatic heterocycles. The summed E-state index contributed by atoms with van der Waals surface area (Å²) in [5, 5.41) is 11.3. The van der Waals surface area contributed by atoms with Gasteiger partial charge in [0.1, 0.15) is 5.82 Å². The molecule has 2 heterocycles. The van der Waals surface area contributed by atoms with Gasteiger partial charge in [0, 0.05) is 38.4 Å². The largest absolute Gasteiger partial charge is 0.368 e. The Hall–Kier alpha value is -2.44. The van der Waals surface area contributed by atoms with Gasteiger partial charge in [0.2, 0.25) is 5.95 Å². The number of rotatable bonds is 5. The molecule has 3 rings (SSSR count). The van der Waals surface area contributed by atoms with E-state index >= 15 is 0 Å². The summed E-state index contributed by atoms with van der Waals surface area (Å²) >= 11 is 0. The Balaban J connectivity index is 1.60. The summed E-state index contributed by atoms with van der Waals surface area (Å²) < 4.78 is 13.0. The maximum atomic E-state index is 13.0. The standard InChI is InChI=1S/C17H23FN6/c1-13(2)11-19-17-21-16(12-20-22-17)24-9-7-23(8-10-24)15-5-3-14(18)4-6-15/h3-6,12-13H,7-11H2,1-2H3,(H,19,21,22). The maximum Gasteiger partial charge on any atom is 0.244 e. The van der Waals surface area contributed by atoms with Crippen LogP contribution < -0.4 is 15.1 Å². The fraction of sp³-hybridized carbons (Fsp3) is 0.471. The van der Waals surface area contributed by atoms with E-state index < -0.39 is 0 Å². The third-order valence-corrected chi connectivity index (χ3v) is 4.01. The van der Waals surface area contributed by atoms with Crippen LogP contribution in [0.5, 0.6) is 0 Å². The van der Waals surface area contributed by atoms with Crippen molar-refractivity contribution >= 4 is 17.5 Å². The average molecular weight is 330 g/mol. The molecular formula is C17H23FN6. The van der Waals surface area contributed by atoms with Gasteiger partial charge in [-0.15, -0.1) is 5.10 Å². The number of benzene rings is 1. The molecule has 0 radical (unpaired) electrons. The number of anilines is 3. The van der Waals surface area contributed by atoms with Crippen LogP contribution in [0.1, 0.15) is 13.8 Å². The molecule has 128 valence electrons. The fourth-order valence-corrected chi connectivity index (χ4v) is 2.66. The number of aromatic nitrogens is 3. The number of halogens is 1. The zero-order valence-corrected chi connectivity index (χ0v) is 14.1. The fourth-order valence-electron chi connectivity index (χ4n) is 2.66. The number of hydrogen-bond acceptors (Lipinski definition) is 6. The number of nitrogens with zero attached hydrogens (tertiary/aromatic N) is 5. The lowest BCUT2D eigenvalue weighted by atomic mass is 10.2. The Morgan fingerprint density at radius 2 is 1.75 bits per heavy atom. The van der Waals surface area contributed by atoms with Gasteiger partial charge in [-0.25, -0.2) is 4.39 Å². The molecular weight excluding hydrogens is 307 g/mol. The smallest absolute Gasteiger partial charge is 0.244 e. The van der Waals surface area contributed by atoms with Gasteiger partial charge in [-0.05, 0) is 30.2 Å². The molecule has 0 saturated carbocycles. The van der Waals surface area contributed by atoms with Crippen molar-refractivity contribution in [1.29, 1.82) is 0 Å². The summed E-state index contributed by atoms with van der Waals surface area (Å²) in [6.07, 6.45) is 1.70. The molecule has 0 spiro atoms. The summed E-state index contributed by atoms with van der Waals surface area (Å²) in [5.74, 6) is 1.74. The molecule has 0 unspecified atom stereocenters. The zero-order valence-electron chi connectivity index (χ0n) is 14.1. The summed E-state index contributed by atoms with van der Waals surface area (Å²) in [5.41, 5.74) is 1.05. The minimum absolute atomic E-state index is 0.203. The van der Waals surface area contributed by atoms with E-state index in [1.807, 2.05) is 12.1 Å². The zero-order chi connectivity index (χ0) is 16.9. The molecule has 1 aliphatic rings. The lowest BCUT2D eigenvalue weighted by Crippen LogP contribution is -2.47. The van der Waals surface area contributed by atoms with E-state index in [4.69, 9.17) is 0 Å². The van der Waals surface area contributed by atoms with Crippen LogP contribution in [-0.4, -0.2) is 47.9 Å². The molecule has 0 amide bonds. The number of hydrogen-bond donors (Lipinski definition) is 1. The first-order chi connectivity index (χ1) is 11.6.